The first-order valence-electron chi connectivity index (χ1n) is 5.94. The van der Waals surface area contributed by atoms with Crippen LogP contribution >= 0.6 is 0 Å². The topological polar surface area (TPSA) is 76.7 Å². The molecule has 1 aliphatic heterocycles. The van der Waals surface area contributed by atoms with E-state index in [9.17, 15) is 18.4 Å². The molecule has 6 nitrogen and oxygen atoms in total. The molecule has 0 aromatic heterocycles. The molecule has 112 valence electrons. The van der Waals surface area contributed by atoms with Gasteiger partial charge in [0.05, 0.1) is 24.4 Å². The van der Waals surface area contributed by atoms with E-state index in [0.717, 1.165) is 18.2 Å². The van der Waals surface area contributed by atoms with Crippen molar-refractivity contribution in [3.8, 4) is 5.75 Å². The van der Waals surface area contributed by atoms with Crippen molar-refractivity contribution < 1.29 is 27.8 Å². The molecule has 1 heterocycles. The number of methoxy groups -OCH3 is 1. The lowest BCUT2D eigenvalue weighted by Crippen LogP contribution is -2.45. The van der Waals surface area contributed by atoms with Crippen molar-refractivity contribution in [2.24, 2.45) is 0 Å². The number of nitrogens with one attached hydrogen (secondary N) is 2. The summed E-state index contributed by atoms with van der Waals surface area (Å²) in [6.45, 7) is -0.0390. The van der Waals surface area contributed by atoms with Crippen molar-refractivity contribution in [3.63, 3.8) is 0 Å². The Morgan fingerprint density at radius 2 is 2.10 bits per heavy atom. The van der Waals surface area contributed by atoms with Gasteiger partial charge in [0, 0.05) is 13.2 Å². The maximum absolute atomic E-state index is 13.1. The van der Waals surface area contributed by atoms with Gasteiger partial charge in [-0.3, -0.25) is 0 Å². The van der Waals surface area contributed by atoms with E-state index in [1.165, 1.54) is 7.11 Å². The third-order valence-electron chi connectivity index (χ3n) is 2.69. The van der Waals surface area contributed by atoms with Gasteiger partial charge in [-0.15, -0.1) is 0 Å². The number of amides is 2. The molecule has 0 spiro atoms. The van der Waals surface area contributed by atoms with Gasteiger partial charge in [-0.2, -0.15) is 0 Å². The number of urea groups is 1. The second-order valence-electron chi connectivity index (χ2n) is 4.16. The van der Waals surface area contributed by atoms with Crippen LogP contribution in [0.5, 0.6) is 5.75 Å². The number of carbonyl (C=O) groups excluding carboxylic acids is 2. The predicted molar refractivity (Wildman–Crippen MR) is 67.4 cm³/mol. The van der Waals surface area contributed by atoms with Crippen molar-refractivity contribution in [1.82, 2.24) is 10.6 Å². The number of rotatable bonds is 4. The highest BCUT2D eigenvalue weighted by molar-refractivity contribution is 5.94. The average Bonchev–Trinajstić information content (AvgIpc) is 2.43. The highest BCUT2D eigenvalue weighted by atomic mass is 19.2. The van der Waals surface area contributed by atoms with Gasteiger partial charge in [-0.1, -0.05) is 0 Å². The maximum atomic E-state index is 13.1. The van der Waals surface area contributed by atoms with E-state index >= 15 is 0 Å². The summed E-state index contributed by atoms with van der Waals surface area (Å²) in [6, 6.07) is 2.27. The molecular formula is C13H12F2N2O4. The molecule has 1 aromatic carbocycles. The summed E-state index contributed by atoms with van der Waals surface area (Å²) < 4.78 is 35.7. The largest absolute Gasteiger partial charge is 0.423 e. The lowest BCUT2D eigenvalue weighted by molar-refractivity contribution is -0.130. The third kappa shape index (κ3) is 3.54. The van der Waals surface area contributed by atoms with Gasteiger partial charge >= 0.3 is 12.0 Å². The van der Waals surface area contributed by atoms with Crippen LogP contribution in [0.3, 0.4) is 0 Å². The van der Waals surface area contributed by atoms with Gasteiger partial charge in [0.2, 0.25) is 0 Å². The SMILES string of the molecule is COCC1=C(C(=O)Oc2ccc(F)c(F)c2)CNC(=O)N1. The van der Waals surface area contributed by atoms with Crippen LogP contribution in [-0.2, 0) is 9.53 Å². The molecule has 0 atom stereocenters. The minimum Gasteiger partial charge on any atom is -0.423 e. The number of hydrogen-bond donors (Lipinski definition) is 2. The second-order valence-corrected chi connectivity index (χ2v) is 4.16. The van der Waals surface area contributed by atoms with Crippen LogP contribution in [-0.4, -0.2) is 32.3 Å². The molecule has 2 rings (SSSR count). The normalized spacial score (nSPS) is 14.5. The second kappa shape index (κ2) is 6.31. The molecular weight excluding hydrogens is 286 g/mol. The summed E-state index contributed by atoms with van der Waals surface area (Å²) in [5.41, 5.74) is 0.398. The Hall–Kier alpha value is -2.48. The Kier molecular flexibility index (Phi) is 4.49. The molecule has 2 amide bonds. The lowest BCUT2D eigenvalue weighted by Gasteiger charge is -2.20. The van der Waals surface area contributed by atoms with E-state index in [2.05, 4.69) is 10.6 Å². The van der Waals surface area contributed by atoms with Gasteiger partial charge in [0.15, 0.2) is 11.6 Å². The maximum Gasteiger partial charge on any atom is 0.343 e. The fourth-order valence-corrected chi connectivity index (χ4v) is 1.70. The first kappa shape index (κ1) is 14.9. The number of ether oxygens (including phenoxy) is 2. The van der Waals surface area contributed by atoms with Crippen molar-refractivity contribution in [1.29, 1.82) is 0 Å². The molecule has 0 aliphatic carbocycles. The highest BCUT2D eigenvalue weighted by Crippen LogP contribution is 2.17. The van der Waals surface area contributed by atoms with E-state index in [1.807, 2.05) is 0 Å². The zero-order valence-electron chi connectivity index (χ0n) is 11.0. The third-order valence-corrected chi connectivity index (χ3v) is 2.69. The van der Waals surface area contributed by atoms with Crippen molar-refractivity contribution in [3.05, 3.63) is 41.1 Å². The number of benzene rings is 1. The Balaban J connectivity index is 2.19. The lowest BCUT2D eigenvalue weighted by atomic mass is 10.1. The first-order chi connectivity index (χ1) is 10.0. The molecule has 0 bridgehead atoms. The standard InChI is InChI=1S/C13H12F2N2O4/c1-20-6-11-8(5-16-13(19)17-11)12(18)21-7-2-3-9(14)10(15)4-7/h2-4H,5-6H2,1H3,(H2,16,17,19). The minimum atomic E-state index is -1.12. The zero-order valence-corrected chi connectivity index (χ0v) is 11.0. The van der Waals surface area contributed by atoms with Crippen molar-refractivity contribution in [2.75, 3.05) is 20.3 Å². The molecule has 0 saturated heterocycles. The molecule has 8 heteroatoms. The average molecular weight is 298 g/mol. The van der Waals surface area contributed by atoms with Crippen LogP contribution in [0.4, 0.5) is 13.6 Å². The molecule has 21 heavy (non-hydrogen) atoms. The first-order valence-corrected chi connectivity index (χ1v) is 5.94. The number of halogens is 2. The Labute approximate surface area is 118 Å². The molecule has 0 radical (unpaired) electrons. The van der Waals surface area contributed by atoms with E-state index in [-0.39, 0.29) is 30.2 Å². The summed E-state index contributed by atoms with van der Waals surface area (Å²) >= 11 is 0. The van der Waals surface area contributed by atoms with Gasteiger partial charge in [0.1, 0.15) is 5.75 Å². The monoisotopic (exact) mass is 298 g/mol. The summed E-state index contributed by atoms with van der Waals surface area (Å²) in [5.74, 6) is -3.09. The fourth-order valence-electron chi connectivity index (χ4n) is 1.70. The fraction of sp³-hybridized carbons (Fsp3) is 0.231. The summed E-state index contributed by atoms with van der Waals surface area (Å²) in [4.78, 5) is 23.2. The quantitative estimate of drug-likeness (QED) is 0.644. The van der Waals surface area contributed by atoms with Crippen LogP contribution in [0.15, 0.2) is 29.5 Å². The Bertz CT molecular complexity index is 616. The number of carbonyl (C=O) groups is 2. The molecule has 0 fully saturated rings. The Morgan fingerprint density at radius 3 is 2.76 bits per heavy atom. The zero-order chi connectivity index (χ0) is 15.4. The molecule has 1 aromatic rings. The van der Waals surface area contributed by atoms with Crippen LogP contribution in [0.1, 0.15) is 0 Å². The van der Waals surface area contributed by atoms with Gasteiger partial charge in [-0.25, -0.2) is 18.4 Å². The highest BCUT2D eigenvalue weighted by Gasteiger charge is 2.24. The molecule has 1 aliphatic rings. The summed E-state index contributed by atoms with van der Waals surface area (Å²) in [6.07, 6.45) is 0. The van der Waals surface area contributed by atoms with Gasteiger partial charge < -0.3 is 20.1 Å². The van der Waals surface area contributed by atoms with Crippen molar-refractivity contribution in [2.45, 2.75) is 0 Å². The van der Waals surface area contributed by atoms with E-state index in [1.54, 1.807) is 0 Å². The molecule has 0 saturated carbocycles. The summed E-state index contributed by atoms with van der Waals surface area (Å²) in [7, 11) is 1.40. The van der Waals surface area contributed by atoms with Gasteiger partial charge in [0.25, 0.3) is 0 Å². The van der Waals surface area contributed by atoms with Gasteiger partial charge in [-0.05, 0) is 12.1 Å². The van der Waals surface area contributed by atoms with Crippen molar-refractivity contribution >= 4 is 12.0 Å². The molecule has 0 unspecified atom stereocenters. The van der Waals surface area contributed by atoms with Crippen LogP contribution < -0.4 is 15.4 Å². The van der Waals surface area contributed by atoms with E-state index in [0.29, 0.717) is 0 Å². The predicted octanol–water partition coefficient (Wildman–Crippen LogP) is 1.08. The van der Waals surface area contributed by atoms with E-state index < -0.39 is 23.6 Å². The minimum absolute atomic E-state index is 0.00956. The molecule has 2 N–H and O–H groups in total. The van der Waals surface area contributed by atoms with Crippen LogP contribution in [0.25, 0.3) is 0 Å². The van der Waals surface area contributed by atoms with Crippen LogP contribution in [0.2, 0.25) is 0 Å². The summed E-state index contributed by atoms with van der Waals surface area (Å²) in [5, 5.41) is 4.83. The van der Waals surface area contributed by atoms with E-state index in [4.69, 9.17) is 9.47 Å². The number of esters is 1. The van der Waals surface area contributed by atoms with Crippen LogP contribution in [0, 0.1) is 11.6 Å². The Morgan fingerprint density at radius 1 is 1.33 bits per heavy atom. The smallest absolute Gasteiger partial charge is 0.343 e. The number of hydrogen-bond acceptors (Lipinski definition) is 4.